The quantitative estimate of drug-likeness (QED) is 0.549. The molecule has 2 nitrogen and oxygen atoms in total. The molecule has 101 valence electrons. The normalized spacial score (nSPS) is 17.1. The molecule has 2 rings (SSSR count). The van der Waals surface area contributed by atoms with Crippen molar-refractivity contribution in [1.29, 1.82) is 0 Å². The Bertz CT molecular complexity index is 508. The smallest absolute Gasteiger partial charge is 0.540 e. The first-order valence-corrected chi connectivity index (χ1v) is 6.02. The van der Waals surface area contributed by atoms with Crippen molar-refractivity contribution < 1.29 is 46.5 Å². The molecular weight excluding hydrogens is 398 g/mol. The minimum absolute atomic E-state index is 0. The van der Waals surface area contributed by atoms with Gasteiger partial charge in [0, 0.05) is 5.71 Å². The van der Waals surface area contributed by atoms with Gasteiger partial charge in [-0.1, -0.05) is 43.0 Å². The second kappa shape index (κ2) is 10.3. The van der Waals surface area contributed by atoms with Crippen molar-refractivity contribution in [1.82, 2.24) is 0 Å². The molecule has 4 heteroatoms. The van der Waals surface area contributed by atoms with E-state index in [1.165, 1.54) is 0 Å². The Morgan fingerprint density at radius 3 is 2.65 bits per heavy atom. The summed E-state index contributed by atoms with van der Waals surface area (Å²) < 4.78 is 0. The van der Waals surface area contributed by atoms with E-state index in [2.05, 4.69) is 4.99 Å². The first kappa shape index (κ1) is 19.6. The Hall–Kier alpha value is -0.423. The molecule has 0 saturated heterocycles. The van der Waals surface area contributed by atoms with Crippen LogP contribution in [0.3, 0.4) is 0 Å². The van der Waals surface area contributed by atoms with E-state index in [-0.39, 0.29) is 61.6 Å². The van der Waals surface area contributed by atoms with E-state index in [0.29, 0.717) is 5.03 Å². The van der Waals surface area contributed by atoms with Gasteiger partial charge in [0.2, 0.25) is 0 Å². The van der Waals surface area contributed by atoms with Gasteiger partial charge in [-0.2, -0.15) is 6.08 Å². The van der Waals surface area contributed by atoms with Gasteiger partial charge in [-0.15, -0.1) is 11.6 Å². The molecule has 1 aromatic rings. The number of rotatable bonds is 4. The standard InChI is InChI=1S/C15H12ClNO.CH3.Ce/c16-14-8-4-7-13(11-14)15(17-9-10-18)12-5-2-1-3-6-12;;/h1-8,11,13H,9H2;1H3;/q-2;-1;+3. The second-order valence-electron chi connectivity index (χ2n) is 3.84. The SMILES string of the molecule is O=[C-]CN=C(c1ccccc1)C1C=C(Cl)C=C[CH-]1.[CH3-].[Ce+3]. The van der Waals surface area contributed by atoms with Crippen LogP contribution in [0.15, 0.2) is 58.6 Å². The summed E-state index contributed by atoms with van der Waals surface area (Å²) >= 11 is 6.00. The number of halogens is 1. The molecule has 0 aliphatic heterocycles. The first-order valence-electron chi connectivity index (χ1n) is 5.65. The van der Waals surface area contributed by atoms with Crippen molar-refractivity contribution in [3.8, 4) is 0 Å². The number of allylic oxidation sites excluding steroid dienone is 4. The Morgan fingerprint density at radius 2 is 2.05 bits per heavy atom. The predicted molar refractivity (Wildman–Crippen MR) is 80.8 cm³/mol. The number of benzene rings is 1. The van der Waals surface area contributed by atoms with Crippen LogP contribution < -0.4 is 0 Å². The molecule has 1 aromatic carbocycles. The van der Waals surface area contributed by atoms with E-state index in [4.69, 9.17) is 11.6 Å². The summed E-state index contributed by atoms with van der Waals surface area (Å²) in [7, 11) is 0. The van der Waals surface area contributed by atoms with Gasteiger partial charge < -0.3 is 17.2 Å². The molecule has 1 unspecified atom stereocenters. The predicted octanol–water partition coefficient (Wildman–Crippen LogP) is 3.55. The van der Waals surface area contributed by atoms with E-state index in [1.54, 1.807) is 6.29 Å². The summed E-state index contributed by atoms with van der Waals surface area (Å²) in [4.78, 5) is 14.7. The van der Waals surface area contributed by atoms with Crippen molar-refractivity contribution >= 4 is 23.6 Å². The third kappa shape index (κ3) is 5.52. The largest absolute Gasteiger partial charge is 3.00 e. The summed E-state index contributed by atoms with van der Waals surface area (Å²) in [5.74, 6) is -0.00162. The second-order valence-corrected chi connectivity index (χ2v) is 4.28. The minimum Gasteiger partial charge on any atom is -0.540 e. The molecule has 20 heavy (non-hydrogen) atoms. The topological polar surface area (TPSA) is 29.4 Å². The van der Waals surface area contributed by atoms with E-state index in [0.717, 1.165) is 11.3 Å². The number of hydrogen-bond acceptors (Lipinski definition) is 2. The fourth-order valence-corrected chi connectivity index (χ4v) is 2.04. The molecule has 0 fully saturated rings. The molecule has 1 radical (unpaired) electrons. The molecule has 0 spiro atoms. The Morgan fingerprint density at radius 1 is 1.35 bits per heavy atom. The van der Waals surface area contributed by atoms with Crippen molar-refractivity contribution in [2.75, 3.05) is 6.54 Å². The van der Waals surface area contributed by atoms with Gasteiger partial charge in [-0.3, -0.25) is 0 Å². The van der Waals surface area contributed by atoms with Gasteiger partial charge in [0.15, 0.2) is 0 Å². The molecule has 1 aliphatic rings. The molecule has 0 amide bonds. The van der Waals surface area contributed by atoms with E-state index in [9.17, 15) is 4.79 Å². The number of aliphatic imine (C=N–C) groups is 1. The molecule has 0 bridgehead atoms. The zero-order chi connectivity index (χ0) is 12.8. The van der Waals surface area contributed by atoms with Crippen LogP contribution in [0.2, 0.25) is 0 Å². The minimum atomic E-state index is -0.00162. The maximum absolute atomic E-state index is 10.4. The first-order chi connectivity index (χ1) is 8.81. The van der Waals surface area contributed by atoms with Crippen LogP contribution in [-0.4, -0.2) is 18.5 Å². The average molecular weight is 413 g/mol. The third-order valence-corrected chi connectivity index (χ3v) is 2.86. The van der Waals surface area contributed by atoms with Crippen LogP contribution in [0.4, 0.5) is 0 Å². The molecule has 1 aliphatic carbocycles. The van der Waals surface area contributed by atoms with Crippen molar-refractivity contribution in [2.24, 2.45) is 10.9 Å². The zero-order valence-corrected chi connectivity index (χ0v) is 15.1. The van der Waals surface area contributed by atoms with Gasteiger partial charge in [0.05, 0.1) is 0 Å². The van der Waals surface area contributed by atoms with Gasteiger partial charge in [-0.05, 0) is 16.5 Å². The Labute approximate surface area is 159 Å². The fourth-order valence-electron chi connectivity index (χ4n) is 1.84. The number of nitrogens with zero attached hydrogens (tertiary/aromatic N) is 1. The number of carbonyl (C=O) groups excluding carboxylic acids is 1. The number of hydrogen-bond donors (Lipinski definition) is 0. The zero-order valence-electron chi connectivity index (χ0n) is 11.2. The van der Waals surface area contributed by atoms with Gasteiger partial charge >= 0.3 is 41.7 Å². The fraction of sp³-hybridized carbons (Fsp3) is 0.125. The van der Waals surface area contributed by atoms with Crippen molar-refractivity contribution in [3.63, 3.8) is 0 Å². The third-order valence-electron chi connectivity index (χ3n) is 2.61. The van der Waals surface area contributed by atoms with E-state index in [1.807, 2.05) is 55.0 Å². The van der Waals surface area contributed by atoms with Gasteiger partial charge in [-0.25, -0.2) is 18.8 Å². The van der Waals surface area contributed by atoms with Crippen LogP contribution in [0, 0.1) is 61.5 Å². The molecule has 0 aromatic heterocycles. The Balaban J connectivity index is 0.00000180. The van der Waals surface area contributed by atoms with E-state index >= 15 is 0 Å². The van der Waals surface area contributed by atoms with Crippen molar-refractivity contribution in [2.45, 2.75) is 0 Å². The van der Waals surface area contributed by atoms with Crippen LogP contribution >= 0.6 is 11.6 Å². The molecule has 0 saturated carbocycles. The van der Waals surface area contributed by atoms with Gasteiger partial charge in [0.1, 0.15) is 0 Å². The summed E-state index contributed by atoms with van der Waals surface area (Å²) in [5, 5.41) is 0.682. The molecule has 1 atom stereocenters. The van der Waals surface area contributed by atoms with Crippen molar-refractivity contribution in [3.05, 3.63) is 73.0 Å². The summed E-state index contributed by atoms with van der Waals surface area (Å²) in [6, 6.07) is 9.77. The van der Waals surface area contributed by atoms with Gasteiger partial charge in [0.25, 0.3) is 0 Å². The van der Waals surface area contributed by atoms with Crippen LogP contribution in [-0.2, 0) is 4.79 Å². The molecule has 0 heterocycles. The summed E-state index contributed by atoms with van der Waals surface area (Å²) in [6.45, 7) is 0.0454. The average Bonchev–Trinajstić information content (AvgIpc) is 2.40. The maximum Gasteiger partial charge on any atom is 3.00 e. The molecule has 0 N–H and O–H groups in total. The van der Waals surface area contributed by atoms with Crippen LogP contribution in [0.25, 0.3) is 0 Å². The molecular formula is C16H15CeClNO. The van der Waals surface area contributed by atoms with E-state index < -0.39 is 0 Å². The summed E-state index contributed by atoms with van der Waals surface area (Å²) in [5.41, 5.74) is 1.83. The van der Waals surface area contributed by atoms with Crippen LogP contribution in [0.1, 0.15) is 5.56 Å². The Kier molecular flexibility index (Phi) is 10.1. The maximum atomic E-state index is 10.4. The monoisotopic (exact) mass is 412 g/mol. The summed E-state index contributed by atoms with van der Waals surface area (Å²) in [6.07, 6.45) is 9.44. The van der Waals surface area contributed by atoms with Crippen LogP contribution in [0.5, 0.6) is 0 Å².